The molecule has 0 N–H and O–H groups in total. The zero-order chi connectivity index (χ0) is 13.0. The van der Waals surface area contributed by atoms with Gasteiger partial charge in [-0.25, -0.2) is 9.79 Å². The Morgan fingerprint density at radius 3 is 2.83 bits per heavy atom. The smallest absolute Gasteiger partial charge is 0.339 e. The van der Waals surface area contributed by atoms with E-state index in [4.69, 9.17) is 10.00 Å². The van der Waals surface area contributed by atoms with Crippen molar-refractivity contribution < 1.29 is 9.53 Å². The molecule has 0 saturated carbocycles. The maximum absolute atomic E-state index is 11.8. The van der Waals surface area contributed by atoms with Gasteiger partial charge in [0.1, 0.15) is 11.8 Å². The molecule has 0 aromatic heterocycles. The molecule has 0 fully saturated rings. The van der Waals surface area contributed by atoms with E-state index in [1.165, 1.54) is 6.20 Å². The van der Waals surface area contributed by atoms with Gasteiger partial charge in [0.2, 0.25) is 0 Å². The summed E-state index contributed by atoms with van der Waals surface area (Å²) < 4.78 is 4.99. The highest BCUT2D eigenvalue weighted by molar-refractivity contribution is 6.13. The molecule has 2 aliphatic rings. The van der Waals surface area contributed by atoms with Gasteiger partial charge in [-0.05, 0) is 18.1 Å². The Kier molecular flexibility index (Phi) is 3.54. The van der Waals surface area contributed by atoms with Gasteiger partial charge in [-0.3, -0.25) is 0 Å². The lowest BCUT2D eigenvalue weighted by Gasteiger charge is -2.08. The van der Waals surface area contributed by atoms with E-state index in [2.05, 4.69) is 4.99 Å². The van der Waals surface area contributed by atoms with Crippen LogP contribution in [0.1, 0.15) is 13.3 Å². The average molecular weight is 240 g/mol. The molecule has 1 aliphatic heterocycles. The van der Waals surface area contributed by atoms with Crippen LogP contribution in [0.3, 0.4) is 0 Å². The summed E-state index contributed by atoms with van der Waals surface area (Å²) in [5.41, 5.74) is 2.39. The fourth-order valence-electron chi connectivity index (χ4n) is 1.80. The number of hydrogen-bond acceptors (Lipinski definition) is 4. The van der Waals surface area contributed by atoms with E-state index in [0.717, 1.165) is 11.1 Å². The molecule has 1 aliphatic carbocycles. The normalized spacial score (nSPS) is 17.3. The van der Waals surface area contributed by atoms with Crippen LogP contribution >= 0.6 is 0 Å². The number of aliphatic imine (C=N–C) groups is 1. The number of hydrogen-bond donors (Lipinski definition) is 0. The van der Waals surface area contributed by atoms with Crippen molar-refractivity contribution in [2.24, 2.45) is 4.99 Å². The van der Waals surface area contributed by atoms with E-state index < -0.39 is 5.97 Å². The molecule has 0 saturated heterocycles. The van der Waals surface area contributed by atoms with Gasteiger partial charge in [-0.1, -0.05) is 24.3 Å². The molecule has 2 bridgehead atoms. The molecule has 0 atom stereocenters. The second-order valence-electron chi connectivity index (χ2n) is 3.80. The molecule has 0 aromatic carbocycles. The van der Waals surface area contributed by atoms with E-state index in [-0.39, 0.29) is 0 Å². The fourth-order valence-corrected chi connectivity index (χ4v) is 1.80. The van der Waals surface area contributed by atoms with Crippen LogP contribution in [0.5, 0.6) is 0 Å². The standard InChI is InChI=1S/C14H12N2O2/c1-2-18-14(17)12-9-16-13(8-15)11-6-4-3-5-10(12)7-11/h3-6,9H,2,7H2,1H3. The molecule has 18 heavy (non-hydrogen) atoms. The topological polar surface area (TPSA) is 62.4 Å². The minimum Gasteiger partial charge on any atom is -0.462 e. The molecule has 0 aromatic rings. The van der Waals surface area contributed by atoms with Crippen LogP contribution in [0.25, 0.3) is 0 Å². The summed E-state index contributed by atoms with van der Waals surface area (Å²) in [4.78, 5) is 15.9. The summed E-state index contributed by atoms with van der Waals surface area (Å²) >= 11 is 0. The van der Waals surface area contributed by atoms with Gasteiger partial charge >= 0.3 is 5.97 Å². The van der Waals surface area contributed by atoms with E-state index in [0.29, 0.717) is 24.3 Å². The minimum absolute atomic E-state index is 0.316. The van der Waals surface area contributed by atoms with Crippen molar-refractivity contribution in [3.8, 4) is 6.07 Å². The fraction of sp³-hybridized carbons (Fsp3) is 0.214. The first-order valence-corrected chi connectivity index (χ1v) is 5.68. The number of esters is 1. The molecular formula is C14H12N2O2. The molecule has 4 heteroatoms. The van der Waals surface area contributed by atoms with Gasteiger partial charge < -0.3 is 4.74 Å². The van der Waals surface area contributed by atoms with Crippen LogP contribution in [-0.2, 0) is 9.53 Å². The Bertz CT molecular complexity index is 569. The number of nitriles is 1. The number of nitrogens with zero attached hydrogens (tertiary/aromatic N) is 2. The number of ether oxygens (including phenoxy) is 1. The summed E-state index contributed by atoms with van der Waals surface area (Å²) in [6.45, 7) is 2.07. The summed E-state index contributed by atoms with van der Waals surface area (Å²) in [6.07, 6.45) is 9.31. The molecule has 90 valence electrons. The molecule has 0 unspecified atom stereocenters. The molecule has 2 rings (SSSR count). The van der Waals surface area contributed by atoms with Crippen LogP contribution in [-0.4, -0.2) is 18.3 Å². The SMILES string of the molecule is CCOC(=O)C1=CN=C(C#N)C2=CC=CC=C1C2. The summed E-state index contributed by atoms with van der Waals surface area (Å²) in [5, 5.41) is 9.04. The van der Waals surface area contributed by atoms with Crippen LogP contribution in [0.4, 0.5) is 0 Å². The van der Waals surface area contributed by atoms with Crippen molar-refractivity contribution in [3.63, 3.8) is 0 Å². The second kappa shape index (κ2) is 5.28. The van der Waals surface area contributed by atoms with E-state index in [1.807, 2.05) is 30.4 Å². The van der Waals surface area contributed by atoms with Crippen molar-refractivity contribution in [3.05, 3.63) is 47.2 Å². The largest absolute Gasteiger partial charge is 0.462 e. The third-order valence-electron chi connectivity index (χ3n) is 2.66. The summed E-state index contributed by atoms with van der Waals surface area (Å²) in [6, 6.07) is 2.04. The number of fused-ring (bicyclic) bond motifs is 2. The average Bonchev–Trinajstić information content (AvgIpc) is 2.70. The minimum atomic E-state index is -0.402. The molecule has 0 radical (unpaired) electrons. The van der Waals surface area contributed by atoms with Gasteiger partial charge in [0.25, 0.3) is 0 Å². The Labute approximate surface area is 105 Å². The highest BCUT2D eigenvalue weighted by Crippen LogP contribution is 2.26. The first kappa shape index (κ1) is 12.1. The van der Waals surface area contributed by atoms with Crippen LogP contribution in [0.15, 0.2) is 52.2 Å². The van der Waals surface area contributed by atoms with Crippen LogP contribution in [0.2, 0.25) is 0 Å². The summed E-state index contributed by atoms with van der Waals surface area (Å²) in [5.74, 6) is -0.402. The van der Waals surface area contributed by atoms with Crippen molar-refractivity contribution in [1.82, 2.24) is 0 Å². The lowest BCUT2D eigenvalue weighted by atomic mass is 9.98. The van der Waals surface area contributed by atoms with Gasteiger partial charge in [0.05, 0.1) is 12.2 Å². The first-order valence-electron chi connectivity index (χ1n) is 5.68. The highest BCUT2D eigenvalue weighted by Gasteiger charge is 2.21. The molecule has 4 nitrogen and oxygen atoms in total. The lowest BCUT2D eigenvalue weighted by Crippen LogP contribution is -2.09. The Balaban J connectivity index is 2.45. The predicted octanol–water partition coefficient (Wildman–Crippen LogP) is 2.22. The third kappa shape index (κ3) is 2.30. The quantitative estimate of drug-likeness (QED) is 0.695. The maximum Gasteiger partial charge on any atom is 0.339 e. The van der Waals surface area contributed by atoms with Gasteiger partial charge in [-0.15, -0.1) is 0 Å². The van der Waals surface area contributed by atoms with Crippen molar-refractivity contribution in [1.29, 1.82) is 5.26 Å². The Hall–Kier alpha value is -2.41. The van der Waals surface area contributed by atoms with E-state index in [9.17, 15) is 4.79 Å². The number of allylic oxidation sites excluding steroid dienone is 5. The molecular weight excluding hydrogens is 228 g/mol. The number of carbonyl (C=O) groups is 1. The number of carbonyl (C=O) groups excluding carboxylic acids is 1. The molecule has 0 spiro atoms. The maximum atomic E-state index is 11.8. The van der Waals surface area contributed by atoms with E-state index in [1.54, 1.807) is 6.92 Å². The zero-order valence-corrected chi connectivity index (χ0v) is 10.0. The van der Waals surface area contributed by atoms with Gasteiger partial charge in [-0.2, -0.15) is 5.26 Å². The Morgan fingerprint density at radius 2 is 2.17 bits per heavy atom. The van der Waals surface area contributed by atoms with Crippen LogP contribution in [0, 0.1) is 11.3 Å². The first-order chi connectivity index (χ1) is 8.76. The predicted molar refractivity (Wildman–Crippen MR) is 67.7 cm³/mol. The van der Waals surface area contributed by atoms with Crippen LogP contribution < -0.4 is 0 Å². The van der Waals surface area contributed by atoms with Crippen molar-refractivity contribution >= 4 is 11.7 Å². The molecule has 0 amide bonds. The Morgan fingerprint density at radius 1 is 1.44 bits per heavy atom. The monoisotopic (exact) mass is 240 g/mol. The third-order valence-corrected chi connectivity index (χ3v) is 2.66. The van der Waals surface area contributed by atoms with Gasteiger partial charge in [0, 0.05) is 12.6 Å². The van der Waals surface area contributed by atoms with E-state index >= 15 is 0 Å². The van der Waals surface area contributed by atoms with Crippen molar-refractivity contribution in [2.45, 2.75) is 13.3 Å². The lowest BCUT2D eigenvalue weighted by molar-refractivity contribution is -0.138. The highest BCUT2D eigenvalue weighted by atomic mass is 16.5. The molecule has 1 heterocycles. The van der Waals surface area contributed by atoms with Gasteiger partial charge in [0.15, 0.2) is 0 Å². The zero-order valence-electron chi connectivity index (χ0n) is 10.0. The summed E-state index contributed by atoms with van der Waals surface area (Å²) in [7, 11) is 0. The number of rotatable bonds is 2. The van der Waals surface area contributed by atoms with Crippen molar-refractivity contribution in [2.75, 3.05) is 6.61 Å². The second-order valence-corrected chi connectivity index (χ2v) is 3.80.